The summed E-state index contributed by atoms with van der Waals surface area (Å²) in [6.45, 7) is 1.03. The smallest absolute Gasteiger partial charge is 0.246 e. The lowest BCUT2D eigenvalue weighted by atomic mass is 9.80. The minimum absolute atomic E-state index is 0.00441. The molecule has 8 heteroatoms. The maximum Gasteiger partial charge on any atom is 0.246 e. The highest BCUT2D eigenvalue weighted by Crippen LogP contribution is 2.35. The molecule has 3 fully saturated rings. The van der Waals surface area contributed by atoms with E-state index in [9.17, 15) is 14.0 Å². The summed E-state index contributed by atoms with van der Waals surface area (Å²) in [5, 5.41) is 9.02. The van der Waals surface area contributed by atoms with E-state index in [1.807, 2.05) is 5.38 Å². The molecule has 3 aliphatic rings. The van der Waals surface area contributed by atoms with Gasteiger partial charge in [-0.25, -0.2) is 9.37 Å². The van der Waals surface area contributed by atoms with Gasteiger partial charge in [-0.05, 0) is 38.5 Å². The lowest BCUT2D eigenvalue weighted by Gasteiger charge is -2.43. The minimum atomic E-state index is -0.825. The molecule has 2 amide bonds. The number of hydrogen-bond acceptors (Lipinski definition) is 5. The van der Waals surface area contributed by atoms with Crippen molar-refractivity contribution in [2.24, 2.45) is 5.92 Å². The Kier molecular flexibility index (Phi) is 4.39. The molecule has 0 aromatic carbocycles. The molecule has 2 N–H and O–H groups in total. The van der Waals surface area contributed by atoms with Gasteiger partial charge in [0.05, 0.1) is 0 Å². The summed E-state index contributed by atoms with van der Waals surface area (Å²) in [6, 6.07) is 0.290. The van der Waals surface area contributed by atoms with Crippen molar-refractivity contribution in [1.82, 2.24) is 15.2 Å². The third-order valence-corrected chi connectivity index (χ3v) is 6.17. The Morgan fingerprint density at radius 2 is 2.00 bits per heavy atom. The van der Waals surface area contributed by atoms with E-state index < -0.39 is 11.7 Å². The number of carbonyl (C=O) groups excluding carboxylic acids is 2. The number of piperidine rings is 1. The van der Waals surface area contributed by atoms with Crippen molar-refractivity contribution < 1.29 is 14.0 Å². The third-order valence-electron chi connectivity index (χ3n) is 5.48. The Labute approximate surface area is 150 Å². The molecule has 0 bridgehead atoms. The number of alkyl halides is 1. The Morgan fingerprint density at radius 1 is 1.28 bits per heavy atom. The standard InChI is InChI=1S/C17H23FN4O2S/c18-12-9-11(10-12)14(23)22-6-3-17(4-7-22,15(24)20-13-1-2-13)21-16-19-5-8-25-16/h5,8,11-13H,1-4,6-7,9-10H2,(H,19,21)(H,20,24). The minimum Gasteiger partial charge on any atom is -0.351 e. The van der Waals surface area contributed by atoms with Gasteiger partial charge in [0.15, 0.2) is 5.13 Å². The van der Waals surface area contributed by atoms with Crippen LogP contribution in [0.2, 0.25) is 0 Å². The molecule has 6 nitrogen and oxygen atoms in total. The van der Waals surface area contributed by atoms with E-state index in [4.69, 9.17) is 0 Å². The second kappa shape index (κ2) is 6.55. The van der Waals surface area contributed by atoms with Crippen molar-refractivity contribution >= 4 is 28.3 Å². The summed E-state index contributed by atoms with van der Waals surface area (Å²) in [4.78, 5) is 31.4. The van der Waals surface area contributed by atoms with Gasteiger partial charge < -0.3 is 15.5 Å². The quantitative estimate of drug-likeness (QED) is 0.835. The fraction of sp³-hybridized carbons (Fsp3) is 0.706. The van der Waals surface area contributed by atoms with Gasteiger partial charge >= 0.3 is 0 Å². The topological polar surface area (TPSA) is 74.3 Å². The van der Waals surface area contributed by atoms with E-state index in [-0.39, 0.29) is 17.7 Å². The predicted molar refractivity (Wildman–Crippen MR) is 93.1 cm³/mol. The molecule has 2 aliphatic carbocycles. The summed E-state index contributed by atoms with van der Waals surface area (Å²) in [5.41, 5.74) is -0.723. The van der Waals surface area contributed by atoms with Gasteiger partial charge in [-0.1, -0.05) is 0 Å². The van der Waals surface area contributed by atoms with Crippen LogP contribution >= 0.6 is 11.3 Å². The summed E-state index contributed by atoms with van der Waals surface area (Å²) >= 11 is 1.47. The lowest BCUT2D eigenvalue weighted by molar-refractivity contribution is -0.143. The molecule has 0 atom stereocenters. The second-order valence-electron chi connectivity index (χ2n) is 7.38. The van der Waals surface area contributed by atoms with Gasteiger partial charge in [0, 0.05) is 36.6 Å². The van der Waals surface area contributed by atoms with Crippen molar-refractivity contribution in [2.75, 3.05) is 18.4 Å². The molecular weight excluding hydrogens is 343 g/mol. The van der Waals surface area contributed by atoms with E-state index in [0.717, 1.165) is 18.0 Å². The van der Waals surface area contributed by atoms with Crippen LogP contribution < -0.4 is 10.6 Å². The van der Waals surface area contributed by atoms with Gasteiger partial charge in [-0.15, -0.1) is 11.3 Å². The SMILES string of the molecule is O=C(C1CC(F)C1)N1CCC(Nc2nccs2)(C(=O)NC2CC2)CC1. The highest BCUT2D eigenvalue weighted by molar-refractivity contribution is 7.13. The Morgan fingerprint density at radius 3 is 2.56 bits per heavy atom. The second-order valence-corrected chi connectivity index (χ2v) is 8.28. The van der Waals surface area contributed by atoms with Crippen molar-refractivity contribution in [3.8, 4) is 0 Å². The van der Waals surface area contributed by atoms with Crippen molar-refractivity contribution in [3.05, 3.63) is 11.6 Å². The molecule has 1 aromatic rings. The van der Waals surface area contributed by atoms with Crippen LogP contribution in [0.3, 0.4) is 0 Å². The first kappa shape index (κ1) is 16.8. The van der Waals surface area contributed by atoms with Gasteiger partial charge in [-0.2, -0.15) is 0 Å². The van der Waals surface area contributed by atoms with E-state index in [1.54, 1.807) is 11.1 Å². The number of hydrogen-bond donors (Lipinski definition) is 2. The Bertz CT molecular complexity index is 635. The zero-order chi connectivity index (χ0) is 17.4. The van der Waals surface area contributed by atoms with E-state index in [2.05, 4.69) is 15.6 Å². The number of likely N-dealkylation sites (tertiary alicyclic amines) is 1. The molecule has 0 spiro atoms. The normalized spacial score (nSPS) is 28.1. The third kappa shape index (κ3) is 3.49. The first-order valence-electron chi connectivity index (χ1n) is 8.97. The van der Waals surface area contributed by atoms with Crippen LogP contribution in [0.4, 0.5) is 9.52 Å². The van der Waals surface area contributed by atoms with Crippen LogP contribution in [0.25, 0.3) is 0 Å². The zero-order valence-electron chi connectivity index (χ0n) is 14.0. The van der Waals surface area contributed by atoms with Crippen LogP contribution in [0.1, 0.15) is 38.5 Å². The average molecular weight is 366 g/mol. The molecule has 25 heavy (non-hydrogen) atoms. The fourth-order valence-electron chi connectivity index (χ4n) is 3.57. The molecule has 0 radical (unpaired) electrons. The number of thiazole rings is 1. The number of nitrogens with zero attached hydrogens (tertiary/aromatic N) is 2. The molecule has 1 aliphatic heterocycles. The summed E-state index contributed by atoms with van der Waals surface area (Å²) in [6.07, 6.45) is 4.74. The van der Waals surface area contributed by atoms with Crippen LogP contribution in [-0.2, 0) is 9.59 Å². The molecule has 2 heterocycles. The number of nitrogens with one attached hydrogen (secondary N) is 2. The summed E-state index contributed by atoms with van der Waals surface area (Å²) in [5.74, 6) is -0.126. The number of rotatable bonds is 5. The Hall–Kier alpha value is -1.70. The first-order chi connectivity index (χ1) is 12.1. The van der Waals surface area contributed by atoms with Crippen molar-refractivity contribution in [1.29, 1.82) is 0 Å². The highest BCUT2D eigenvalue weighted by Gasteiger charge is 2.46. The maximum absolute atomic E-state index is 13.0. The summed E-state index contributed by atoms with van der Waals surface area (Å²) in [7, 11) is 0. The fourth-order valence-corrected chi connectivity index (χ4v) is 4.19. The lowest BCUT2D eigenvalue weighted by Crippen LogP contribution is -2.60. The van der Waals surface area contributed by atoms with Crippen LogP contribution in [0, 0.1) is 5.92 Å². The van der Waals surface area contributed by atoms with Crippen molar-refractivity contribution in [2.45, 2.75) is 56.3 Å². The van der Waals surface area contributed by atoms with Gasteiger partial charge in [0.25, 0.3) is 0 Å². The molecule has 136 valence electrons. The number of carbonyl (C=O) groups is 2. The van der Waals surface area contributed by atoms with Crippen LogP contribution in [-0.4, -0.2) is 52.5 Å². The summed E-state index contributed by atoms with van der Waals surface area (Å²) < 4.78 is 13.0. The van der Waals surface area contributed by atoms with Crippen LogP contribution in [0.5, 0.6) is 0 Å². The maximum atomic E-state index is 13.0. The van der Waals surface area contributed by atoms with Gasteiger partial charge in [-0.3, -0.25) is 9.59 Å². The van der Waals surface area contributed by atoms with Crippen LogP contribution in [0.15, 0.2) is 11.6 Å². The largest absolute Gasteiger partial charge is 0.351 e. The molecule has 4 rings (SSSR count). The van der Waals surface area contributed by atoms with Gasteiger partial charge in [0.1, 0.15) is 11.7 Å². The monoisotopic (exact) mass is 366 g/mol. The number of anilines is 1. The first-order valence-corrected chi connectivity index (χ1v) is 9.85. The average Bonchev–Trinajstić information content (AvgIpc) is 3.25. The zero-order valence-corrected chi connectivity index (χ0v) is 14.9. The molecule has 1 aromatic heterocycles. The molecule has 2 saturated carbocycles. The van der Waals surface area contributed by atoms with E-state index in [0.29, 0.717) is 44.8 Å². The highest BCUT2D eigenvalue weighted by atomic mass is 32.1. The number of halogens is 1. The number of aromatic nitrogens is 1. The number of amides is 2. The van der Waals surface area contributed by atoms with Crippen molar-refractivity contribution in [3.63, 3.8) is 0 Å². The molecular formula is C17H23FN4O2S. The van der Waals surface area contributed by atoms with Gasteiger partial charge in [0.2, 0.25) is 11.8 Å². The van der Waals surface area contributed by atoms with E-state index in [1.165, 1.54) is 11.3 Å². The predicted octanol–water partition coefficient (Wildman–Crippen LogP) is 1.94. The Balaban J connectivity index is 1.42. The van der Waals surface area contributed by atoms with E-state index >= 15 is 0 Å². The molecule has 1 saturated heterocycles. The molecule has 0 unspecified atom stereocenters.